The van der Waals surface area contributed by atoms with Gasteiger partial charge in [-0.1, -0.05) is 12.1 Å². The molecule has 0 unspecified atom stereocenters. The first-order chi connectivity index (χ1) is 7.28. The maximum atomic E-state index is 12.8. The number of hydrogen-bond acceptors (Lipinski definition) is 3. The van der Waals surface area contributed by atoms with Crippen molar-refractivity contribution in [2.24, 2.45) is 5.18 Å². The third-order valence-corrected chi connectivity index (χ3v) is 1.96. The van der Waals surface area contributed by atoms with Crippen LogP contribution in [0.25, 0.3) is 0 Å². The molecule has 1 aromatic carbocycles. The molecule has 2 aromatic rings. The first-order valence-electron chi connectivity index (χ1n) is 4.38. The highest BCUT2D eigenvalue weighted by Crippen LogP contribution is 2.10. The highest BCUT2D eigenvalue weighted by atomic mass is 19.1. The van der Waals surface area contributed by atoms with E-state index in [9.17, 15) is 9.30 Å². The van der Waals surface area contributed by atoms with Gasteiger partial charge in [0.05, 0.1) is 18.9 Å². The zero-order valence-corrected chi connectivity index (χ0v) is 7.80. The summed E-state index contributed by atoms with van der Waals surface area (Å²) in [7, 11) is 0. The van der Waals surface area contributed by atoms with Gasteiger partial charge in [-0.25, -0.2) is 4.39 Å². The van der Waals surface area contributed by atoms with Crippen LogP contribution >= 0.6 is 0 Å². The van der Waals surface area contributed by atoms with Gasteiger partial charge in [0.1, 0.15) is 11.5 Å². The highest BCUT2D eigenvalue weighted by molar-refractivity contribution is 5.29. The number of rotatable bonds is 3. The summed E-state index contributed by atoms with van der Waals surface area (Å²) in [6.07, 6.45) is 2.88. The Hall–Kier alpha value is -2.04. The quantitative estimate of drug-likeness (QED) is 0.722. The molecule has 0 radical (unpaired) electrons. The first kappa shape index (κ1) is 9.51. The number of hydrogen-bond donors (Lipinski definition) is 0. The Morgan fingerprint density at radius 1 is 1.47 bits per heavy atom. The van der Waals surface area contributed by atoms with Gasteiger partial charge in [-0.3, -0.25) is 4.68 Å². The lowest BCUT2D eigenvalue weighted by atomic mass is 10.2. The molecule has 1 heterocycles. The van der Waals surface area contributed by atoms with Gasteiger partial charge < -0.3 is 0 Å². The van der Waals surface area contributed by atoms with Crippen LogP contribution in [0.15, 0.2) is 41.8 Å². The average molecular weight is 205 g/mol. The Bertz CT molecular complexity index is 481. The van der Waals surface area contributed by atoms with Crippen molar-refractivity contribution in [3.05, 3.63) is 52.9 Å². The molecule has 0 atom stereocenters. The molecule has 0 bridgehead atoms. The van der Waals surface area contributed by atoms with Crippen LogP contribution in [-0.2, 0) is 6.54 Å². The van der Waals surface area contributed by atoms with E-state index in [1.54, 1.807) is 12.1 Å². The molecule has 0 spiro atoms. The van der Waals surface area contributed by atoms with Gasteiger partial charge in [0.2, 0.25) is 0 Å². The summed E-state index contributed by atoms with van der Waals surface area (Å²) >= 11 is 0. The predicted octanol–water partition coefficient (Wildman–Crippen LogP) is 2.47. The maximum absolute atomic E-state index is 12.8. The van der Waals surface area contributed by atoms with Crippen molar-refractivity contribution in [1.82, 2.24) is 9.78 Å². The molecule has 4 nitrogen and oxygen atoms in total. The molecule has 0 aliphatic rings. The van der Waals surface area contributed by atoms with Crippen LogP contribution in [0.3, 0.4) is 0 Å². The molecule has 0 amide bonds. The number of nitrogens with zero attached hydrogens (tertiary/aromatic N) is 3. The topological polar surface area (TPSA) is 47.2 Å². The molecule has 1 aromatic heterocycles. The third-order valence-electron chi connectivity index (χ3n) is 1.96. The van der Waals surface area contributed by atoms with Crippen molar-refractivity contribution in [2.75, 3.05) is 0 Å². The lowest BCUT2D eigenvalue weighted by Gasteiger charge is -2.00. The summed E-state index contributed by atoms with van der Waals surface area (Å²) in [5.74, 6) is -0.284. The fourth-order valence-corrected chi connectivity index (χ4v) is 1.31. The van der Waals surface area contributed by atoms with E-state index in [4.69, 9.17) is 0 Å². The second-order valence-electron chi connectivity index (χ2n) is 3.12. The van der Waals surface area contributed by atoms with Crippen molar-refractivity contribution in [3.63, 3.8) is 0 Å². The lowest BCUT2D eigenvalue weighted by Crippen LogP contribution is -1.99. The van der Waals surface area contributed by atoms with E-state index in [-0.39, 0.29) is 11.5 Å². The summed E-state index contributed by atoms with van der Waals surface area (Å²) < 4.78 is 14.4. The summed E-state index contributed by atoms with van der Waals surface area (Å²) in [4.78, 5) is 10.2. The van der Waals surface area contributed by atoms with Gasteiger partial charge in [0.25, 0.3) is 0 Å². The SMILES string of the molecule is O=Nc1cnn(Cc2cccc(F)c2)c1. The molecule has 0 saturated heterocycles. The number of benzene rings is 1. The van der Waals surface area contributed by atoms with Crippen LogP contribution in [0.2, 0.25) is 0 Å². The number of halogens is 1. The monoisotopic (exact) mass is 205 g/mol. The van der Waals surface area contributed by atoms with E-state index in [1.165, 1.54) is 29.2 Å². The molecule has 76 valence electrons. The van der Waals surface area contributed by atoms with Gasteiger partial charge in [-0.05, 0) is 22.9 Å². The predicted molar refractivity (Wildman–Crippen MR) is 53.2 cm³/mol. The standard InChI is InChI=1S/C10H8FN3O/c11-9-3-1-2-8(4-9)6-14-7-10(13-15)5-12-14/h1-5,7H,6H2. The molecule has 15 heavy (non-hydrogen) atoms. The molecule has 0 aliphatic carbocycles. The van der Waals surface area contributed by atoms with E-state index >= 15 is 0 Å². The minimum Gasteiger partial charge on any atom is -0.266 e. The molecule has 2 rings (SSSR count). The normalized spacial score (nSPS) is 10.2. The van der Waals surface area contributed by atoms with Gasteiger partial charge in [-0.15, -0.1) is 4.91 Å². The first-order valence-corrected chi connectivity index (χ1v) is 4.38. The van der Waals surface area contributed by atoms with E-state index in [1.807, 2.05) is 0 Å². The van der Waals surface area contributed by atoms with Crippen LogP contribution in [0.1, 0.15) is 5.56 Å². The zero-order valence-electron chi connectivity index (χ0n) is 7.80. The summed E-state index contributed by atoms with van der Waals surface area (Å²) in [5, 5.41) is 6.66. The van der Waals surface area contributed by atoms with Gasteiger partial charge in [0, 0.05) is 0 Å². The minimum atomic E-state index is -0.284. The molecular formula is C10H8FN3O. The fraction of sp³-hybridized carbons (Fsp3) is 0.100. The lowest BCUT2D eigenvalue weighted by molar-refractivity contribution is 0.619. The second-order valence-corrected chi connectivity index (χ2v) is 3.12. The largest absolute Gasteiger partial charge is 0.266 e. The Kier molecular flexibility index (Phi) is 2.53. The fourth-order valence-electron chi connectivity index (χ4n) is 1.31. The van der Waals surface area contributed by atoms with Crippen LogP contribution in [0, 0.1) is 10.7 Å². The van der Waals surface area contributed by atoms with Crippen molar-refractivity contribution >= 4 is 5.69 Å². The Morgan fingerprint density at radius 3 is 3.00 bits per heavy atom. The van der Waals surface area contributed by atoms with E-state index in [2.05, 4.69) is 10.3 Å². The van der Waals surface area contributed by atoms with Crippen molar-refractivity contribution in [3.8, 4) is 0 Å². The van der Waals surface area contributed by atoms with Crippen LogP contribution in [-0.4, -0.2) is 9.78 Å². The van der Waals surface area contributed by atoms with Crippen molar-refractivity contribution < 1.29 is 4.39 Å². The third kappa shape index (κ3) is 2.25. The molecular weight excluding hydrogens is 197 g/mol. The minimum absolute atomic E-state index is 0.270. The Labute approximate surface area is 85.3 Å². The van der Waals surface area contributed by atoms with Crippen LogP contribution < -0.4 is 0 Å². The molecule has 5 heteroatoms. The van der Waals surface area contributed by atoms with Crippen LogP contribution in [0.5, 0.6) is 0 Å². The number of aromatic nitrogens is 2. The Morgan fingerprint density at radius 2 is 2.33 bits per heavy atom. The van der Waals surface area contributed by atoms with Crippen LogP contribution in [0.4, 0.5) is 10.1 Å². The highest BCUT2D eigenvalue weighted by Gasteiger charge is 2.00. The second kappa shape index (κ2) is 4.00. The molecule has 0 saturated carbocycles. The molecule has 0 aliphatic heterocycles. The van der Waals surface area contributed by atoms with Gasteiger partial charge in [-0.2, -0.15) is 5.10 Å². The van der Waals surface area contributed by atoms with E-state index in [0.717, 1.165) is 5.56 Å². The summed E-state index contributed by atoms with van der Waals surface area (Å²) in [5.41, 5.74) is 1.06. The van der Waals surface area contributed by atoms with Gasteiger partial charge in [0.15, 0.2) is 0 Å². The van der Waals surface area contributed by atoms with E-state index in [0.29, 0.717) is 6.54 Å². The Balaban J connectivity index is 2.18. The number of nitroso groups, excluding NO2 is 1. The van der Waals surface area contributed by atoms with E-state index < -0.39 is 0 Å². The average Bonchev–Trinajstić information content (AvgIpc) is 2.65. The summed E-state index contributed by atoms with van der Waals surface area (Å²) in [6, 6.07) is 6.23. The zero-order chi connectivity index (χ0) is 10.7. The maximum Gasteiger partial charge on any atom is 0.145 e. The van der Waals surface area contributed by atoms with Gasteiger partial charge >= 0.3 is 0 Å². The van der Waals surface area contributed by atoms with Crippen molar-refractivity contribution in [1.29, 1.82) is 0 Å². The van der Waals surface area contributed by atoms with Crippen molar-refractivity contribution in [2.45, 2.75) is 6.54 Å². The molecule has 0 fully saturated rings. The summed E-state index contributed by atoms with van der Waals surface area (Å²) in [6.45, 7) is 0.424. The molecule has 0 N–H and O–H groups in total. The smallest absolute Gasteiger partial charge is 0.145 e.